The van der Waals surface area contributed by atoms with Crippen LogP contribution >= 0.6 is 0 Å². The van der Waals surface area contributed by atoms with Crippen LogP contribution in [0.3, 0.4) is 0 Å². The van der Waals surface area contributed by atoms with Gasteiger partial charge in [0.15, 0.2) is 5.75 Å². The van der Waals surface area contributed by atoms with Gasteiger partial charge in [-0.25, -0.2) is 0 Å². The van der Waals surface area contributed by atoms with Crippen LogP contribution in [0.4, 0.5) is 28.4 Å². The van der Waals surface area contributed by atoms with Gasteiger partial charge in [-0.3, -0.25) is 4.55 Å². The molecule has 11 nitrogen and oxygen atoms in total. The van der Waals surface area contributed by atoms with Gasteiger partial charge in [-0.15, -0.1) is 10.2 Å². The molecule has 0 aliphatic rings. The van der Waals surface area contributed by atoms with Gasteiger partial charge in [-0.05, 0) is 77.2 Å². The third-order valence-electron chi connectivity index (χ3n) is 7.71. The van der Waals surface area contributed by atoms with Crippen LogP contribution < -0.4 is 5.73 Å². The lowest BCUT2D eigenvalue weighted by Crippen LogP contribution is -1.98. The normalized spacial score (nSPS) is 12.1. The molecule has 0 aromatic heterocycles. The number of phenolic OH excluding ortho intramolecular Hbond substituents is 2. The van der Waals surface area contributed by atoms with Crippen molar-refractivity contribution in [1.82, 2.24) is 0 Å². The summed E-state index contributed by atoms with van der Waals surface area (Å²) in [6.07, 6.45) is 1.67. The zero-order valence-electron chi connectivity index (χ0n) is 24.8. The van der Waals surface area contributed by atoms with Crippen molar-refractivity contribution in [2.45, 2.75) is 24.3 Å². The zero-order chi connectivity index (χ0) is 33.1. The Morgan fingerprint density at radius 1 is 0.638 bits per heavy atom. The molecule has 0 fully saturated rings. The number of phenols is 2. The number of aryl methyl sites for hydroxylation is 2. The van der Waals surface area contributed by atoms with Crippen LogP contribution in [0, 0.1) is 0 Å². The Balaban J connectivity index is 1.21. The van der Waals surface area contributed by atoms with Crippen LogP contribution in [0.2, 0.25) is 0 Å². The van der Waals surface area contributed by atoms with Gasteiger partial charge in [0.25, 0.3) is 10.1 Å². The topological polar surface area (TPSA) is 191 Å². The van der Waals surface area contributed by atoms with Crippen molar-refractivity contribution in [2.75, 3.05) is 5.73 Å². The molecule has 0 saturated carbocycles. The van der Waals surface area contributed by atoms with E-state index >= 15 is 0 Å². The third kappa shape index (κ3) is 6.94. The molecule has 6 aromatic rings. The predicted molar refractivity (Wildman–Crippen MR) is 180 cm³/mol. The van der Waals surface area contributed by atoms with Gasteiger partial charge < -0.3 is 21.1 Å². The van der Waals surface area contributed by atoms with Crippen LogP contribution in [0.1, 0.15) is 16.7 Å². The number of benzene rings is 6. The Hall–Kier alpha value is -5.69. The fourth-order valence-electron chi connectivity index (χ4n) is 5.21. The molecular formula is C35H29N5O6S. The van der Waals surface area contributed by atoms with Crippen LogP contribution in [0.25, 0.3) is 21.5 Å². The van der Waals surface area contributed by atoms with Crippen LogP contribution in [-0.4, -0.2) is 28.3 Å². The number of aliphatic hydroxyl groups excluding tert-OH is 1. The summed E-state index contributed by atoms with van der Waals surface area (Å²) < 4.78 is 33.2. The van der Waals surface area contributed by atoms with Gasteiger partial charge in [-0.1, -0.05) is 54.6 Å². The first-order valence-corrected chi connectivity index (χ1v) is 15.9. The highest BCUT2D eigenvalue weighted by molar-refractivity contribution is 7.86. The van der Waals surface area contributed by atoms with E-state index in [9.17, 15) is 28.3 Å². The molecule has 0 unspecified atom stereocenters. The number of nitrogens with two attached hydrogens (primary N) is 1. The number of hydrogen-bond acceptors (Lipinski definition) is 10. The van der Waals surface area contributed by atoms with E-state index in [2.05, 4.69) is 20.5 Å². The summed E-state index contributed by atoms with van der Waals surface area (Å²) in [4.78, 5) is -0.261. The molecule has 0 radical (unpaired) electrons. The summed E-state index contributed by atoms with van der Waals surface area (Å²) >= 11 is 0. The predicted octanol–water partition coefficient (Wildman–Crippen LogP) is 8.34. The van der Waals surface area contributed by atoms with Crippen molar-refractivity contribution in [3.8, 4) is 11.5 Å². The van der Waals surface area contributed by atoms with Gasteiger partial charge >= 0.3 is 0 Å². The Bertz CT molecular complexity index is 2310. The van der Waals surface area contributed by atoms with Crippen molar-refractivity contribution in [3.63, 3.8) is 0 Å². The van der Waals surface area contributed by atoms with Crippen molar-refractivity contribution in [3.05, 3.63) is 120 Å². The Morgan fingerprint density at radius 2 is 1.34 bits per heavy atom. The maximum absolute atomic E-state index is 11.8. The molecule has 6 rings (SSSR count). The largest absolute Gasteiger partial charge is 0.506 e. The van der Waals surface area contributed by atoms with Gasteiger partial charge in [0.1, 0.15) is 22.0 Å². The van der Waals surface area contributed by atoms with E-state index in [1.54, 1.807) is 24.3 Å². The van der Waals surface area contributed by atoms with Crippen molar-refractivity contribution < 1.29 is 28.3 Å². The highest BCUT2D eigenvalue weighted by atomic mass is 32.2. The lowest BCUT2D eigenvalue weighted by molar-refractivity contribution is 0.282. The van der Waals surface area contributed by atoms with E-state index in [-0.39, 0.29) is 50.1 Å². The van der Waals surface area contributed by atoms with Crippen LogP contribution in [0.15, 0.2) is 128 Å². The molecule has 6 N–H and O–H groups in total. The van der Waals surface area contributed by atoms with E-state index < -0.39 is 16.7 Å². The number of fused-ring (bicyclic) bond motifs is 2. The zero-order valence-corrected chi connectivity index (χ0v) is 25.6. The van der Waals surface area contributed by atoms with E-state index in [4.69, 9.17) is 5.73 Å². The Labute approximate surface area is 269 Å². The molecule has 0 bridgehead atoms. The molecule has 0 atom stereocenters. The number of aliphatic hydroxyl groups is 1. The number of aromatic hydroxyl groups is 2. The van der Waals surface area contributed by atoms with Gasteiger partial charge in [0, 0.05) is 28.1 Å². The average Bonchev–Trinajstić information content (AvgIpc) is 3.06. The van der Waals surface area contributed by atoms with Crippen molar-refractivity contribution in [2.24, 2.45) is 20.5 Å². The fourth-order valence-corrected chi connectivity index (χ4v) is 5.91. The Morgan fingerprint density at radius 3 is 2.11 bits per heavy atom. The third-order valence-corrected chi connectivity index (χ3v) is 8.62. The molecule has 12 heteroatoms. The summed E-state index contributed by atoms with van der Waals surface area (Å²) in [7, 11) is -4.46. The molecule has 0 spiro atoms. The minimum absolute atomic E-state index is 0.0361. The molecule has 0 aliphatic carbocycles. The number of anilines is 1. The summed E-state index contributed by atoms with van der Waals surface area (Å²) in [6, 6.07) is 28.9. The first-order chi connectivity index (χ1) is 22.6. The second kappa shape index (κ2) is 13.0. The molecule has 0 heterocycles. The number of nitrogens with zero attached hydrogens (tertiary/aromatic N) is 4. The van der Waals surface area contributed by atoms with Gasteiger partial charge in [-0.2, -0.15) is 18.6 Å². The molecule has 236 valence electrons. The molecule has 6 aromatic carbocycles. The second-order valence-electron chi connectivity index (χ2n) is 10.9. The SMILES string of the molecule is Nc1ccc(CCc2ccc3c(O)c(N=Nc4cc(CO)c(N=Nc5ccc6cccc(S(=O)(=O)O)c6c5)cc4O)ccc3c2)cc1. The lowest BCUT2D eigenvalue weighted by atomic mass is 10.0. The molecule has 0 saturated heterocycles. The number of rotatable bonds is 9. The van der Waals surface area contributed by atoms with Crippen molar-refractivity contribution >= 4 is 60.1 Å². The molecule has 0 amide bonds. The van der Waals surface area contributed by atoms with E-state index in [0.717, 1.165) is 29.5 Å². The first kappa shape index (κ1) is 31.3. The number of azo groups is 2. The number of hydrogen-bond donors (Lipinski definition) is 5. The summed E-state index contributed by atoms with van der Waals surface area (Å²) in [5.41, 5.74) is 9.74. The van der Waals surface area contributed by atoms with Gasteiger partial charge in [0.2, 0.25) is 0 Å². The van der Waals surface area contributed by atoms with Crippen molar-refractivity contribution in [1.29, 1.82) is 0 Å². The fraction of sp³-hybridized carbons (Fsp3) is 0.0857. The lowest BCUT2D eigenvalue weighted by Gasteiger charge is -2.08. The minimum atomic E-state index is -4.46. The van der Waals surface area contributed by atoms with E-state index in [1.807, 2.05) is 48.5 Å². The Kier molecular flexibility index (Phi) is 8.63. The average molecular weight is 648 g/mol. The summed E-state index contributed by atoms with van der Waals surface area (Å²) in [6.45, 7) is -0.455. The summed E-state index contributed by atoms with van der Waals surface area (Å²) in [5, 5.41) is 50.4. The second-order valence-corrected chi connectivity index (χ2v) is 12.3. The van der Waals surface area contributed by atoms with Crippen LogP contribution in [0.5, 0.6) is 11.5 Å². The highest BCUT2D eigenvalue weighted by Crippen LogP contribution is 2.39. The summed E-state index contributed by atoms with van der Waals surface area (Å²) in [5.74, 6) is -0.353. The van der Waals surface area contributed by atoms with E-state index in [1.165, 1.54) is 35.9 Å². The molecule has 0 aliphatic heterocycles. The number of nitrogen functional groups attached to an aromatic ring is 1. The highest BCUT2D eigenvalue weighted by Gasteiger charge is 2.15. The monoisotopic (exact) mass is 647 g/mol. The molecular weight excluding hydrogens is 618 g/mol. The maximum Gasteiger partial charge on any atom is 0.295 e. The minimum Gasteiger partial charge on any atom is -0.506 e. The smallest absolute Gasteiger partial charge is 0.295 e. The standard InChI is InChI=1S/C35H29N5O6S/c36-26-11-6-21(7-12-26)4-5-22-8-14-28-24(16-22)10-15-30(35(28)43)38-40-32-17-25(20-41)31(19-33(32)42)39-37-27-13-9-23-2-1-3-34(29(23)18-27)47(44,45)46/h1-3,6-19,41-43H,4-5,20,36H2,(H,44,45,46). The molecule has 47 heavy (non-hydrogen) atoms. The first-order valence-electron chi connectivity index (χ1n) is 14.5. The quantitative estimate of drug-likeness (QED) is 0.0591. The maximum atomic E-state index is 11.8. The van der Waals surface area contributed by atoms with Crippen LogP contribution in [-0.2, 0) is 29.6 Å². The van der Waals surface area contributed by atoms with E-state index in [0.29, 0.717) is 10.8 Å². The van der Waals surface area contributed by atoms with Gasteiger partial charge in [0.05, 0.1) is 18.0 Å².